The fraction of sp³-hybridized carbons (Fsp3) is 0.136. The van der Waals surface area contributed by atoms with Crippen LogP contribution in [0.3, 0.4) is 0 Å². The Morgan fingerprint density at radius 3 is 1.97 bits per heavy atom. The number of thioether (sulfide) groups is 1. The molecule has 0 saturated heterocycles. The lowest BCUT2D eigenvalue weighted by Gasteiger charge is -2.17. The number of hydrogen-bond donors (Lipinski definition) is 1. The van der Waals surface area contributed by atoms with Gasteiger partial charge in [-0.2, -0.15) is 0 Å². The van der Waals surface area contributed by atoms with Crippen molar-refractivity contribution >= 4 is 33.4 Å². The summed E-state index contributed by atoms with van der Waals surface area (Å²) < 4.78 is 25.5. The van der Waals surface area contributed by atoms with E-state index in [0.29, 0.717) is 5.69 Å². The van der Waals surface area contributed by atoms with Crippen LogP contribution in [0.25, 0.3) is 0 Å². The second-order valence-corrected chi connectivity index (χ2v) is 9.85. The normalized spacial score (nSPS) is 12.5. The molecule has 0 aliphatic rings. The van der Waals surface area contributed by atoms with Crippen molar-refractivity contribution in [2.45, 2.75) is 15.0 Å². The Morgan fingerprint density at radius 1 is 0.862 bits per heavy atom. The van der Waals surface area contributed by atoms with Gasteiger partial charge in [-0.3, -0.25) is 4.79 Å². The van der Waals surface area contributed by atoms with E-state index in [1.165, 1.54) is 38.0 Å². The van der Waals surface area contributed by atoms with Gasteiger partial charge in [0.2, 0.25) is 15.9 Å². The van der Waals surface area contributed by atoms with Gasteiger partial charge in [-0.05, 0) is 42.0 Å². The van der Waals surface area contributed by atoms with Gasteiger partial charge in [-0.25, -0.2) is 12.7 Å². The van der Waals surface area contributed by atoms with Gasteiger partial charge in [0.15, 0.2) is 0 Å². The van der Waals surface area contributed by atoms with E-state index >= 15 is 0 Å². The van der Waals surface area contributed by atoms with Crippen molar-refractivity contribution < 1.29 is 13.2 Å². The number of carbonyl (C=O) groups is 1. The maximum Gasteiger partial charge on any atom is 0.242 e. The van der Waals surface area contributed by atoms with Gasteiger partial charge in [0.05, 0.1) is 4.90 Å². The number of carbonyl (C=O) groups excluding carboxylic acids is 1. The molecule has 0 spiro atoms. The average Bonchev–Trinajstić information content (AvgIpc) is 2.73. The van der Waals surface area contributed by atoms with Crippen LogP contribution in [0.2, 0.25) is 0 Å². The maximum absolute atomic E-state index is 13.0. The Bertz CT molecular complexity index is 1050. The molecule has 0 bridgehead atoms. The molecule has 0 radical (unpaired) electrons. The summed E-state index contributed by atoms with van der Waals surface area (Å²) in [5.41, 5.74) is 1.44. The summed E-state index contributed by atoms with van der Waals surface area (Å²) in [5, 5.41) is 2.46. The number of benzene rings is 3. The van der Waals surface area contributed by atoms with Crippen LogP contribution in [0.1, 0.15) is 10.8 Å². The fourth-order valence-electron chi connectivity index (χ4n) is 2.66. The first-order valence-electron chi connectivity index (χ1n) is 8.98. The minimum atomic E-state index is -3.51. The van der Waals surface area contributed by atoms with Crippen LogP contribution in [0.4, 0.5) is 5.69 Å². The monoisotopic (exact) mass is 426 g/mol. The third-order valence-corrected chi connectivity index (χ3v) is 7.33. The standard InChI is InChI=1S/C22H22N2O3S2/c1-24(2)29(26,27)20-15-13-18(14-16-20)23-22(25)21(17-9-5-3-6-10-17)28-19-11-7-4-8-12-19/h3-16,21H,1-2H3,(H,23,25)/t21-/m0/s1. The third-order valence-electron chi connectivity index (χ3n) is 4.24. The molecule has 150 valence electrons. The lowest BCUT2D eigenvalue weighted by Crippen LogP contribution is -2.22. The lowest BCUT2D eigenvalue weighted by molar-refractivity contribution is -0.115. The van der Waals surface area contributed by atoms with Crippen molar-refractivity contribution in [3.8, 4) is 0 Å². The molecule has 3 aromatic rings. The lowest BCUT2D eigenvalue weighted by atomic mass is 10.1. The molecule has 0 heterocycles. The van der Waals surface area contributed by atoms with E-state index in [1.807, 2.05) is 60.7 Å². The number of anilines is 1. The Labute approximate surface area is 175 Å². The van der Waals surface area contributed by atoms with Crippen LogP contribution < -0.4 is 5.32 Å². The number of hydrogen-bond acceptors (Lipinski definition) is 4. The van der Waals surface area contributed by atoms with Gasteiger partial charge in [0, 0.05) is 24.7 Å². The Hall–Kier alpha value is -2.61. The highest BCUT2D eigenvalue weighted by Gasteiger charge is 2.23. The van der Waals surface area contributed by atoms with Gasteiger partial charge < -0.3 is 5.32 Å². The van der Waals surface area contributed by atoms with Gasteiger partial charge in [-0.15, -0.1) is 11.8 Å². The molecule has 0 unspecified atom stereocenters. The third kappa shape index (κ3) is 5.26. The van der Waals surface area contributed by atoms with Crippen LogP contribution in [0.5, 0.6) is 0 Å². The van der Waals surface area contributed by atoms with Crippen molar-refractivity contribution in [2.24, 2.45) is 0 Å². The number of nitrogens with one attached hydrogen (secondary N) is 1. The molecule has 0 aliphatic heterocycles. The van der Waals surface area contributed by atoms with Crippen LogP contribution in [-0.4, -0.2) is 32.7 Å². The van der Waals surface area contributed by atoms with E-state index in [-0.39, 0.29) is 10.8 Å². The number of rotatable bonds is 7. The molecule has 0 aromatic heterocycles. The molecule has 5 nitrogen and oxygen atoms in total. The smallest absolute Gasteiger partial charge is 0.242 e. The number of sulfonamides is 1. The Kier molecular flexibility index (Phi) is 6.74. The SMILES string of the molecule is CN(C)S(=O)(=O)c1ccc(NC(=O)[C@@H](Sc2ccccc2)c2ccccc2)cc1. The summed E-state index contributed by atoms with van der Waals surface area (Å²) >= 11 is 1.47. The number of nitrogens with zero attached hydrogens (tertiary/aromatic N) is 1. The van der Waals surface area contributed by atoms with Crippen LogP contribution in [-0.2, 0) is 14.8 Å². The van der Waals surface area contributed by atoms with Crippen molar-refractivity contribution in [2.75, 3.05) is 19.4 Å². The molecule has 0 saturated carbocycles. The molecule has 3 aromatic carbocycles. The van der Waals surface area contributed by atoms with E-state index in [0.717, 1.165) is 14.8 Å². The van der Waals surface area contributed by atoms with Crippen LogP contribution in [0, 0.1) is 0 Å². The van der Waals surface area contributed by atoms with Crippen molar-refractivity contribution in [1.82, 2.24) is 4.31 Å². The molecule has 29 heavy (non-hydrogen) atoms. The quantitative estimate of drug-likeness (QED) is 0.569. The molecule has 1 atom stereocenters. The minimum absolute atomic E-state index is 0.173. The zero-order valence-electron chi connectivity index (χ0n) is 16.1. The summed E-state index contributed by atoms with van der Waals surface area (Å²) in [6.07, 6.45) is 0. The predicted octanol–water partition coefficient (Wildman–Crippen LogP) is 4.41. The zero-order chi connectivity index (χ0) is 20.9. The van der Waals surface area contributed by atoms with E-state index in [9.17, 15) is 13.2 Å². The van der Waals surface area contributed by atoms with E-state index in [4.69, 9.17) is 0 Å². The maximum atomic E-state index is 13.0. The largest absolute Gasteiger partial charge is 0.325 e. The summed E-state index contributed by atoms with van der Waals surface area (Å²) in [6, 6.07) is 25.5. The van der Waals surface area contributed by atoms with Crippen molar-refractivity contribution in [1.29, 1.82) is 0 Å². The van der Waals surface area contributed by atoms with Crippen molar-refractivity contribution in [3.05, 3.63) is 90.5 Å². The molecule has 7 heteroatoms. The van der Waals surface area contributed by atoms with E-state index in [1.54, 1.807) is 12.1 Å². The number of amides is 1. The molecule has 0 aliphatic carbocycles. The zero-order valence-corrected chi connectivity index (χ0v) is 17.8. The molecular formula is C22H22N2O3S2. The second-order valence-electron chi connectivity index (χ2n) is 6.52. The van der Waals surface area contributed by atoms with Crippen molar-refractivity contribution in [3.63, 3.8) is 0 Å². The first-order valence-corrected chi connectivity index (χ1v) is 11.3. The Morgan fingerprint density at radius 2 is 1.41 bits per heavy atom. The van der Waals surface area contributed by atoms with Gasteiger partial charge in [0.25, 0.3) is 0 Å². The molecule has 3 rings (SSSR count). The highest BCUT2D eigenvalue weighted by molar-refractivity contribution is 8.00. The van der Waals surface area contributed by atoms with Gasteiger partial charge in [0.1, 0.15) is 5.25 Å². The Balaban J connectivity index is 1.81. The topological polar surface area (TPSA) is 66.5 Å². The van der Waals surface area contributed by atoms with Crippen LogP contribution >= 0.6 is 11.8 Å². The summed E-state index contributed by atoms with van der Waals surface area (Å²) in [6.45, 7) is 0. The predicted molar refractivity (Wildman–Crippen MR) is 117 cm³/mol. The molecule has 1 amide bonds. The first kappa shape index (κ1) is 21.1. The second kappa shape index (κ2) is 9.26. The van der Waals surface area contributed by atoms with E-state index < -0.39 is 15.3 Å². The van der Waals surface area contributed by atoms with E-state index in [2.05, 4.69) is 5.32 Å². The summed E-state index contributed by atoms with van der Waals surface area (Å²) in [4.78, 5) is 14.2. The summed E-state index contributed by atoms with van der Waals surface area (Å²) in [5.74, 6) is -0.173. The minimum Gasteiger partial charge on any atom is -0.325 e. The summed E-state index contributed by atoms with van der Waals surface area (Å²) in [7, 11) is -0.541. The molecule has 0 fully saturated rings. The average molecular weight is 427 g/mol. The fourth-order valence-corrected chi connectivity index (χ4v) is 4.61. The van der Waals surface area contributed by atoms with Gasteiger partial charge >= 0.3 is 0 Å². The van der Waals surface area contributed by atoms with Gasteiger partial charge in [-0.1, -0.05) is 48.5 Å². The highest BCUT2D eigenvalue weighted by atomic mass is 32.2. The molecule has 1 N–H and O–H groups in total. The first-order chi connectivity index (χ1) is 13.9. The molecular weight excluding hydrogens is 404 g/mol. The van der Waals surface area contributed by atoms with Crippen LogP contribution in [0.15, 0.2) is 94.7 Å². The highest BCUT2D eigenvalue weighted by Crippen LogP contribution is 2.36.